The van der Waals surface area contributed by atoms with Crippen LogP contribution in [0.3, 0.4) is 0 Å². The van der Waals surface area contributed by atoms with Crippen LogP contribution in [0.4, 0.5) is 4.39 Å². The van der Waals surface area contributed by atoms with Gasteiger partial charge in [0.1, 0.15) is 17.3 Å². The van der Waals surface area contributed by atoms with E-state index in [1.807, 2.05) is 6.92 Å². The van der Waals surface area contributed by atoms with Crippen LogP contribution in [0.5, 0.6) is 11.5 Å². The van der Waals surface area contributed by atoms with E-state index in [9.17, 15) is 9.50 Å². The minimum absolute atomic E-state index is 0.220. The van der Waals surface area contributed by atoms with Crippen LogP contribution in [0.15, 0.2) is 42.5 Å². The van der Waals surface area contributed by atoms with Crippen molar-refractivity contribution in [2.24, 2.45) is 0 Å². The highest BCUT2D eigenvalue weighted by atomic mass is 35.5. The van der Waals surface area contributed by atoms with Gasteiger partial charge in [0.25, 0.3) is 0 Å². The minimum Gasteiger partial charge on any atom is -0.456 e. The molecule has 1 N–H and O–H groups in total. The van der Waals surface area contributed by atoms with Gasteiger partial charge in [-0.25, -0.2) is 4.39 Å². The molecule has 0 fully saturated rings. The molecule has 2 aromatic rings. The van der Waals surface area contributed by atoms with Gasteiger partial charge in [0.15, 0.2) is 0 Å². The first-order valence-corrected chi connectivity index (χ1v) is 6.39. The second-order valence-electron chi connectivity index (χ2n) is 4.17. The highest BCUT2D eigenvalue weighted by Gasteiger charge is 2.07. The van der Waals surface area contributed by atoms with Gasteiger partial charge >= 0.3 is 0 Å². The number of benzene rings is 2. The molecule has 0 amide bonds. The van der Waals surface area contributed by atoms with E-state index < -0.39 is 11.9 Å². The summed E-state index contributed by atoms with van der Waals surface area (Å²) in [6.07, 6.45) is 0.188. The van der Waals surface area contributed by atoms with Crippen molar-refractivity contribution >= 4 is 11.6 Å². The van der Waals surface area contributed by atoms with Crippen LogP contribution in [-0.4, -0.2) is 5.11 Å². The fourth-order valence-electron chi connectivity index (χ4n) is 1.68. The van der Waals surface area contributed by atoms with E-state index in [0.717, 1.165) is 5.56 Å². The molecule has 0 aromatic heterocycles. The lowest BCUT2D eigenvalue weighted by atomic mass is 10.1. The van der Waals surface area contributed by atoms with Gasteiger partial charge < -0.3 is 9.84 Å². The summed E-state index contributed by atoms with van der Waals surface area (Å²) in [5.41, 5.74) is 0.833. The third-order valence-electron chi connectivity index (χ3n) is 2.77. The van der Waals surface area contributed by atoms with Gasteiger partial charge in [0, 0.05) is 0 Å². The minimum atomic E-state index is -0.469. The van der Waals surface area contributed by atoms with Crippen molar-refractivity contribution in [2.75, 3.05) is 0 Å². The van der Waals surface area contributed by atoms with Crippen molar-refractivity contribution in [2.45, 2.75) is 19.4 Å². The summed E-state index contributed by atoms with van der Waals surface area (Å²) in [5.74, 6) is 0.575. The third-order valence-corrected chi connectivity index (χ3v) is 3.07. The Balaban J connectivity index is 2.15. The summed E-state index contributed by atoms with van der Waals surface area (Å²) in [5, 5.41) is 9.90. The van der Waals surface area contributed by atoms with Crippen molar-refractivity contribution in [1.82, 2.24) is 0 Å². The maximum atomic E-state index is 12.9. The van der Waals surface area contributed by atoms with E-state index in [2.05, 4.69) is 0 Å². The molecular formula is C15H14ClFO2. The molecule has 2 rings (SSSR count). The molecule has 4 heteroatoms. The maximum absolute atomic E-state index is 12.9. The zero-order valence-electron chi connectivity index (χ0n) is 10.4. The molecular weight excluding hydrogens is 267 g/mol. The van der Waals surface area contributed by atoms with Gasteiger partial charge in [-0.05, 0) is 42.3 Å². The molecule has 0 aliphatic rings. The zero-order valence-corrected chi connectivity index (χ0v) is 11.2. The van der Waals surface area contributed by atoms with Crippen molar-refractivity contribution in [1.29, 1.82) is 0 Å². The normalized spacial score (nSPS) is 12.2. The van der Waals surface area contributed by atoms with Crippen LogP contribution in [0.25, 0.3) is 0 Å². The first kappa shape index (κ1) is 13.8. The Morgan fingerprint density at radius 1 is 1.21 bits per heavy atom. The van der Waals surface area contributed by atoms with Gasteiger partial charge in [0.05, 0.1) is 11.1 Å². The smallest absolute Gasteiger partial charge is 0.146 e. The molecule has 2 aromatic carbocycles. The molecule has 0 bridgehead atoms. The van der Waals surface area contributed by atoms with E-state index >= 15 is 0 Å². The molecule has 100 valence electrons. The van der Waals surface area contributed by atoms with E-state index in [4.69, 9.17) is 16.3 Å². The van der Waals surface area contributed by atoms with Gasteiger partial charge in [-0.3, -0.25) is 0 Å². The molecule has 19 heavy (non-hydrogen) atoms. The van der Waals surface area contributed by atoms with Crippen molar-refractivity contribution in [3.05, 3.63) is 58.9 Å². The number of halogens is 2. The Labute approximate surface area is 116 Å². The number of hydrogen-bond donors (Lipinski definition) is 1. The molecule has 0 aliphatic heterocycles. The Hall–Kier alpha value is -1.58. The lowest BCUT2D eigenvalue weighted by Crippen LogP contribution is -1.94. The summed E-state index contributed by atoms with van der Waals surface area (Å²) < 4.78 is 18.5. The number of ether oxygens (including phenoxy) is 1. The fraction of sp³-hybridized carbons (Fsp3) is 0.200. The number of aliphatic hydroxyl groups is 1. The Kier molecular flexibility index (Phi) is 4.40. The van der Waals surface area contributed by atoms with E-state index in [-0.39, 0.29) is 5.02 Å². The zero-order chi connectivity index (χ0) is 13.8. The van der Waals surface area contributed by atoms with Crippen molar-refractivity contribution < 1.29 is 14.2 Å². The summed E-state index contributed by atoms with van der Waals surface area (Å²) >= 11 is 5.88. The second-order valence-corrected chi connectivity index (χ2v) is 4.58. The molecule has 0 spiro atoms. The largest absolute Gasteiger partial charge is 0.456 e. The second kappa shape index (κ2) is 6.04. The monoisotopic (exact) mass is 280 g/mol. The number of rotatable bonds is 4. The first-order chi connectivity index (χ1) is 9.10. The average Bonchev–Trinajstić information content (AvgIpc) is 2.42. The average molecular weight is 281 g/mol. The predicted molar refractivity (Wildman–Crippen MR) is 73.2 cm³/mol. The Bertz CT molecular complexity index is 555. The molecule has 2 nitrogen and oxygen atoms in total. The van der Waals surface area contributed by atoms with E-state index in [1.165, 1.54) is 18.2 Å². The Morgan fingerprint density at radius 3 is 2.47 bits per heavy atom. The molecule has 0 radical (unpaired) electrons. The van der Waals surface area contributed by atoms with Crippen LogP contribution < -0.4 is 4.74 Å². The van der Waals surface area contributed by atoms with Crippen LogP contribution in [0, 0.1) is 5.82 Å². The maximum Gasteiger partial charge on any atom is 0.146 e. The standard InChI is InChI=1S/C15H14ClFO2/c1-2-14(18)10-3-6-12(7-4-10)19-15-8-5-11(17)9-13(15)16/h3-9,14,18H,2H2,1H3/t14-/m1/s1. The topological polar surface area (TPSA) is 29.5 Å². The molecule has 0 heterocycles. The van der Waals surface area contributed by atoms with Crippen LogP contribution >= 0.6 is 11.6 Å². The van der Waals surface area contributed by atoms with Gasteiger partial charge in [-0.2, -0.15) is 0 Å². The summed E-state index contributed by atoms with van der Waals surface area (Å²) in [7, 11) is 0. The van der Waals surface area contributed by atoms with Gasteiger partial charge in [-0.1, -0.05) is 30.7 Å². The third kappa shape index (κ3) is 3.46. The van der Waals surface area contributed by atoms with Crippen LogP contribution in [-0.2, 0) is 0 Å². The number of aliphatic hydroxyl groups excluding tert-OH is 1. The molecule has 0 saturated carbocycles. The summed E-state index contributed by atoms with van der Waals surface area (Å²) in [6, 6.07) is 11.0. The quantitative estimate of drug-likeness (QED) is 0.878. The predicted octanol–water partition coefficient (Wildman–Crippen LogP) is 4.71. The highest BCUT2D eigenvalue weighted by molar-refractivity contribution is 6.32. The lowest BCUT2D eigenvalue weighted by molar-refractivity contribution is 0.173. The van der Waals surface area contributed by atoms with Crippen molar-refractivity contribution in [3.63, 3.8) is 0 Å². The number of hydrogen-bond acceptors (Lipinski definition) is 2. The van der Waals surface area contributed by atoms with E-state index in [0.29, 0.717) is 17.9 Å². The Morgan fingerprint density at radius 2 is 1.89 bits per heavy atom. The molecule has 0 aliphatic carbocycles. The van der Waals surface area contributed by atoms with Gasteiger partial charge in [-0.15, -0.1) is 0 Å². The van der Waals surface area contributed by atoms with Crippen LogP contribution in [0.1, 0.15) is 25.0 Å². The summed E-state index contributed by atoms with van der Waals surface area (Å²) in [6.45, 7) is 1.91. The molecule has 1 atom stereocenters. The fourth-order valence-corrected chi connectivity index (χ4v) is 1.88. The SMILES string of the molecule is CC[C@@H](O)c1ccc(Oc2ccc(F)cc2Cl)cc1. The molecule has 0 saturated heterocycles. The molecule has 0 unspecified atom stereocenters. The van der Waals surface area contributed by atoms with E-state index in [1.54, 1.807) is 24.3 Å². The first-order valence-electron chi connectivity index (χ1n) is 6.01. The lowest BCUT2D eigenvalue weighted by Gasteiger charge is -2.10. The summed E-state index contributed by atoms with van der Waals surface area (Å²) in [4.78, 5) is 0. The van der Waals surface area contributed by atoms with Gasteiger partial charge in [0.2, 0.25) is 0 Å². The van der Waals surface area contributed by atoms with Crippen LogP contribution in [0.2, 0.25) is 5.02 Å². The highest BCUT2D eigenvalue weighted by Crippen LogP contribution is 2.30. The van der Waals surface area contributed by atoms with Crippen molar-refractivity contribution in [3.8, 4) is 11.5 Å².